The Morgan fingerprint density at radius 3 is 2.00 bits per heavy atom. The molecule has 0 fully saturated rings. The van der Waals surface area contributed by atoms with Crippen LogP contribution in [0.5, 0.6) is 0 Å². The first-order valence-corrected chi connectivity index (χ1v) is 6.87. The topological polar surface area (TPSA) is 21.3 Å². The second-order valence-electron chi connectivity index (χ2n) is 6.58. The summed E-state index contributed by atoms with van der Waals surface area (Å²) in [4.78, 5) is 0. The van der Waals surface area contributed by atoms with E-state index in [4.69, 9.17) is 4.74 Å². The molecular weight excluding hydrogens is 255 g/mol. The zero-order valence-electron chi connectivity index (χ0n) is 12.8. The average molecular weight is 283 g/mol. The van der Waals surface area contributed by atoms with E-state index in [0.29, 0.717) is 6.42 Å². The van der Waals surface area contributed by atoms with Gasteiger partial charge in [0.25, 0.3) is 0 Å². The highest BCUT2D eigenvalue weighted by Crippen LogP contribution is 2.28. The maximum Gasteiger partial charge on any atom is 0.411 e. The third-order valence-corrected chi connectivity index (χ3v) is 3.01. The lowest BCUT2D eigenvalue weighted by atomic mass is 9.82. The van der Waals surface area contributed by atoms with E-state index in [1.165, 1.54) is 0 Å². The average Bonchev–Trinajstić information content (AvgIpc) is 2.20. The molecule has 0 heterocycles. The molecule has 0 aliphatic heterocycles. The minimum Gasteiger partial charge on any atom is -0.372 e. The standard InChI is InChI=1S/C14H28F3NO/c1-6-7-13(5,10-18-12(2,3)4)8-9-19-11-14(15,16)17/h18H,6-11H2,1-5H3. The molecule has 0 bridgehead atoms. The molecule has 0 spiro atoms. The molecule has 0 aromatic carbocycles. The van der Waals surface area contributed by atoms with E-state index in [1.54, 1.807) is 0 Å². The monoisotopic (exact) mass is 283 g/mol. The summed E-state index contributed by atoms with van der Waals surface area (Å²) in [5.41, 5.74) is -0.00451. The molecule has 0 aromatic rings. The molecule has 2 nitrogen and oxygen atoms in total. The number of rotatable bonds is 8. The second-order valence-corrected chi connectivity index (χ2v) is 6.58. The molecule has 1 atom stereocenters. The zero-order valence-corrected chi connectivity index (χ0v) is 12.8. The Kier molecular flexibility index (Phi) is 7.37. The van der Waals surface area contributed by atoms with Crippen molar-refractivity contribution >= 4 is 0 Å². The van der Waals surface area contributed by atoms with Gasteiger partial charge in [0, 0.05) is 18.7 Å². The van der Waals surface area contributed by atoms with Crippen molar-refractivity contribution in [2.24, 2.45) is 5.41 Å². The van der Waals surface area contributed by atoms with Crippen molar-refractivity contribution in [1.82, 2.24) is 5.32 Å². The molecule has 1 unspecified atom stereocenters. The molecule has 116 valence electrons. The summed E-state index contributed by atoms with van der Waals surface area (Å²) in [5, 5.41) is 3.43. The number of hydrogen-bond acceptors (Lipinski definition) is 2. The van der Waals surface area contributed by atoms with Gasteiger partial charge in [-0.2, -0.15) is 13.2 Å². The third kappa shape index (κ3) is 11.3. The van der Waals surface area contributed by atoms with Gasteiger partial charge in [-0.3, -0.25) is 0 Å². The van der Waals surface area contributed by atoms with E-state index in [-0.39, 0.29) is 17.6 Å². The summed E-state index contributed by atoms with van der Waals surface area (Å²) in [7, 11) is 0. The summed E-state index contributed by atoms with van der Waals surface area (Å²) in [6.07, 6.45) is -1.60. The van der Waals surface area contributed by atoms with Gasteiger partial charge in [0.15, 0.2) is 0 Å². The number of hydrogen-bond donors (Lipinski definition) is 1. The van der Waals surface area contributed by atoms with E-state index in [1.807, 2.05) is 0 Å². The van der Waals surface area contributed by atoms with Crippen LogP contribution in [-0.4, -0.2) is 31.5 Å². The second kappa shape index (κ2) is 7.48. The molecule has 0 aromatic heterocycles. The maximum absolute atomic E-state index is 12.0. The van der Waals surface area contributed by atoms with Crippen LogP contribution >= 0.6 is 0 Å². The van der Waals surface area contributed by atoms with E-state index in [0.717, 1.165) is 19.4 Å². The first kappa shape index (κ1) is 18.7. The van der Waals surface area contributed by atoms with Gasteiger partial charge in [0.1, 0.15) is 6.61 Å². The van der Waals surface area contributed by atoms with Crippen LogP contribution < -0.4 is 5.32 Å². The first-order chi connectivity index (χ1) is 8.47. The van der Waals surface area contributed by atoms with Gasteiger partial charge < -0.3 is 10.1 Å². The smallest absolute Gasteiger partial charge is 0.372 e. The number of ether oxygens (including phenoxy) is 1. The number of halogens is 3. The van der Waals surface area contributed by atoms with Crippen molar-refractivity contribution in [3.63, 3.8) is 0 Å². The highest BCUT2D eigenvalue weighted by molar-refractivity contribution is 4.81. The molecule has 0 rings (SSSR count). The van der Waals surface area contributed by atoms with Crippen LogP contribution in [0, 0.1) is 5.41 Å². The Bertz CT molecular complexity index is 248. The summed E-state index contributed by atoms with van der Waals surface area (Å²) in [6, 6.07) is 0. The van der Waals surface area contributed by atoms with E-state index in [2.05, 4.69) is 39.9 Å². The highest BCUT2D eigenvalue weighted by Gasteiger charge is 2.29. The van der Waals surface area contributed by atoms with E-state index >= 15 is 0 Å². The largest absolute Gasteiger partial charge is 0.411 e. The van der Waals surface area contributed by atoms with Crippen molar-refractivity contribution in [1.29, 1.82) is 0 Å². The van der Waals surface area contributed by atoms with Crippen LogP contribution in [0.2, 0.25) is 0 Å². The van der Waals surface area contributed by atoms with Gasteiger partial charge in [-0.05, 0) is 39.0 Å². The minimum absolute atomic E-state index is 0.0157. The van der Waals surface area contributed by atoms with Crippen LogP contribution in [0.4, 0.5) is 13.2 Å². The quantitative estimate of drug-likeness (QED) is 0.676. The summed E-state index contributed by atoms with van der Waals surface area (Å²) >= 11 is 0. The Morgan fingerprint density at radius 2 is 1.58 bits per heavy atom. The lowest BCUT2D eigenvalue weighted by Crippen LogP contribution is -2.43. The summed E-state index contributed by atoms with van der Waals surface area (Å²) < 4.78 is 40.7. The highest BCUT2D eigenvalue weighted by atomic mass is 19.4. The molecular formula is C14H28F3NO. The Hall–Kier alpha value is -0.290. The molecule has 0 amide bonds. The predicted molar refractivity (Wildman–Crippen MR) is 72.3 cm³/mol. The van der Waals surface area contributed by atoms with E-state index < -0.39 is 12.8 Å². The lowest BCUT2D eigenvalue weighted by molar-refractivity contribution is -0.175. The SMILES string of the molecule is CCCC(C)(CCOCC(F)(F)F)CNC(C)(C)C. The van der Waals surface area contributed by atoms with Crippen LogP contribution in [0.3, 0.4) is 0 Å². The van der Waals surface area contributed by atoms with Gasteiger partial charge in [0.2, 0.25) is 0 Å². The van der Waals surface area contributed by atoms with Crippen molar-refractivity contribution in [3.05, 3.63) is 0 Å². The summed E-state index contributed by atoms with van der Waals surface area (Å²) in [6.45, 7) is 10.2. The van der Waals surface area contributed by atoms with E-state index in [9.17, 15) is 13.2 Å². The first-order valence-electron chi connectivity index (χ1n) is 6.87. The lowest BCUT2D eigenvalue weighted by Gasteiger charge is -2.33. The van der Waals surface area contributed by atoms with Crippen molar-refractivity contribution in [2.75, 3.05) is 19.8 Å². The van der Waals surface area contributed by atoms with Gasteiger partial charge in [-0.25, -0.2) is 0 Å². The van der Waals surface area contributed by atoms with Gasteiger partial charge in [0.05, 0.1) is 0 Å². The van der Waals surface area contributed by atoms with Gasteiger partial charge >= 0.3 is 6.18 Å². The molecule has 0 saturated carbocycles. The number of alkyl halides is 3. The fourth-order valence-corrected chi connectivity index (χ4v) is 1.89. The Labute approximate surface area is 115 Å². The van der Waals surface area contributed by atoms with Crippen LogP contribution in [0.15, 0.2) is 0 Å². The molecule has 0 aliphatic rings. The van der Waals surface area contributed by atoms with Crippen molar-refractivity contribution in [2.45, 2.75) is 65.6 Å². The molecule has 5 heteroatoms. The zero-order chi connectivity index (χ0) is 15.2. The minimum atomic E-state index is -4.23. The number of nitrogens with one attached hydrogen (secondary N) is 1. The Morgan fingerprint density at radius 1 is 1.00 bits per heavy atom. The van der Waals surface area contributed by atoms with Crippen LogP contribution in [-0.2, 0) is 4.74 Å². The molecule has 19 heavy (non-hydrogen) atoms. The van der Waals surface area contributed by atoms with Gasteiger partial charge in [-0.15, -0.1) is 0 Å². The predicted octanol–water partition coefficient (Wildman–Crippen LogP) is 4.15. The van der Waals surface area contributed by atoms with Crippen molar-refractivity contribution in [3.8, 4) is 0 Å². The van der Waals surface area contributed by atoms with Crippen LogP contribution in [0.1, 0.15) is 53.9 Å². The summed E-state index contributed by atoms with van der Waals surface area (Å²) in [5.74, 6) is 0. The van der Waals surface area contributed by atoms with Crippen molar-refractivity contribution < 1.29 is 17.9 Å². The van der Waals surface area contributed by atoms with Gasteiger partial charge in [-0.1, -0.05) is 20.3 Å². The molecule has 0 aliphatic carbocycles. The molecule has 0 radical (unpaired) electrons. The fourth-order valence-electron chi connectivity index (χ4n) is 1.89. The molecule has 0 saturated heterocycles. The third-order valence-electron chi connectivity index (χ3n) is 3.01. The fraction of sp³-hybridized carbons (Fsp3) is 1.00. The molecule has 1 N–H and O–H groups in total. The van der Waals surface area contributed by atoms with Crippen LogP contribution in [0.25, 0.3) is 0 Å². The Balaban J connectivity index is 4.15. The normalized spacial score (nSPS) is 16.4. The maximum atomic E-state index is 12.0.